The Labute approximate surface area is 146 Å². The summed E-state index contributed by atoms with van der Waals surface area (Å²) in [7, 11) is 0. The molecule has 0 spiro atoms. The van der Waals surface area contributed by atoms with Gasteiger partial charge in [0, 0.05) is 28.8 Å². The van der Waals surface area contributed by atoms with E-state index >= 15 is 0 Å². The zero-order chi connectivity index (χ0) is 17.2. The summed E-state index contributed by atoms with van der Waals surface area (Å²) in [5.41, 5.74) is 3.27. The Kier molecular flexibility index (Phi) is 4.53. The standard InChI is InChI=1S/C19H21N3OS/c1-13-5-6-14(11-15(13)22-18-20-9-10-24-18)7-8-17-21-12-16(23-17)19(2,3)4/h5-12H,1-4H3,(H,20,22). The van der Waals surface area contributed by atoms with Crippen molar-refractivity contribution in [1.29, 1.82) is 0 Å². The van der Waals surface area contributed by atoms with Crippen LogP contribution in [-0.2, 0) is 5.41 Å². The Morgan fingerprint density at radius 1 is 1.17 bits per heavy atom. The number of hydrogen-bond donors (Lipinski definition) is 1. The minimum atomic E-state index is -0.0340. The summed E-state index contributed by atoms with van der Waals surface area (Å²) in [5.74, 6) is 1.51. The molecule has 4 nitrogen and oxygen atoms in total. The Hall–Kier alpha value is -2.40. The van der Waals surface area contributed by atoms with E-state index in [4.69, 9.17) is 4.42 Å². The van der Waals surface area contributed by atoms with E-state index in [1.165, 1.54) is 5.56 Å². The van der Waals surface area contributed by atoms with Crippen LogP contribution in [0.15, 0.2) is 40.4 Å². The van der Waals surface area contributed by atoms with Gasteiger partial charge in [-0.2, -0.15) is 0 Å². The Bertz CT molecular complexity index is 842. The molecule has 5 heteroatoms. The molecule has 3 aromatic rings. The van der Waals surface area contributed by atoms with Gasteiger partial charge in [0.25, 0.3) is 0 Å². The molecule has 0 fully saturated rings. The van der Waals surface area contributed by atoms with Crippen molar-refractivity contribution in [2.45, 2.75) is 33.1 Å². The predicted molar refractivity (Wildman–Crippen MR) is 101 cm³/mol. The highest BCUT2D eigenvalue weighted by Gasteiger charge is 2.18. The number of nitrogens with zero attached hydrogens (tertiary/aromatic N) is 2. The van der Waals surface area contributed by atoms with Crippen molar-refractivity contribution in [2.75, 3.05) is 5.32 Å². The SMILES string of the molecule is Cc1ccc(C=Cc2ncc(C(C)(C)C)o2)cc1Nc1nccs1. The molecule has 0 bridgehead atoms. The van der Waals surface area contributed by atoms with Gasteiger partial charge >= 0.3 is 0 Å². The molecule has 0 unspecified atom stereocenters. The van der Waals surface area contributed by atoms with Crippen LogP contribution in [0.1, 0.15) is 43.5 Å². The number of rotatable bonds is 4. The molecule has 3 rings (SSSR count). The van der Waals surface area contributed by atoms with E-state index in [-0.39, 0.29) is 5.41 Å². The van der Waals surface area contributed by atoms with Gasteiger partial charge in [0.2, 0.25) is 5.89 Å². The van der Waals surface area contributed by atoms with Gasteiger partial charge in [-0.05, 0) is 30.2 Å². The van der Waals surface area contributed by atoms with Crippen LogP contribution in [0.5, 0.6) is 0 Å². The second-order valence-electron chi connectivity index (χ2n) is 6.68. The number of nitrogens with one attached hydrogen (secondary N) is 1. The Morgan fingerprint density at radius 3 is 2.67 bits per heavy atom. The number of hydrogen-bond acceptors (Lipinski definition) is 5. The van der Waals surface area contributed by atoms with Crippen LogP contribution in [0.3, 0.4) is 0 Å². The van der Waals surface area contributed by atoms with Crippen molar-refractivity contribution in [3.8, 4) is 0 Å². The van der Waals surface area contributed by atoms with Crippen molar-refractivity contribution in [1.82, 2.24) is 9.97 Å². The Balaban J connectivity index is 1.78. The predicted octanol–water partition coefficient (Wildman–Crippen LogP) is 5.65. The Morgan fingerprint density at radius 2 is 2.00 bits per heavy atom. The summed E-state index contributed by atoms with van der Waals surface area (Å²) in [6, 6.07) is 6.26. The highest BCUT2D eigenvalue weighted by molar-refractivity contribution is 7.13. The molecule has 0 saturated carbocycles. The van der Waals surface area contributed by atoms with Crippen LogP contribution < -0.4 is 5.32 Å². The first-order valence-corrected chi connectivity index (χ1v) is 8.71. The van der Waals surface area contributed by atoms with Crippen LogP contribution in [0.4, 0.5) is 10.8 Å². The third kappa shape index (κ3) is 3.92. The first kappa shape index (κ1) is 16.5. The molecule has 2 aromatic heterocycles. The lowest BCUT2D eigenvalue weighted by atomic mass is 9.94. The quantitative estimate of drug-likeness (QED) is 0.667. The summed E-state index contributed by atoms with van der Waals surface area (Å²) in [4.78, 5) is 8.59. The van der Waals surface area contributed by atoms with Crippen LogP contribution in [0.25, 0.3) is 12.2 Å². The molecule has 0 saturated heterocycles. The van der Waals surface area contributed by atoms with Crippen LogP contribution in [0.2, 0.25) is 0 Å². The number of aryl methyl sites for hydroxylation is 1. The second-order valence-corrected chi connectivity index (χ2v) is 7.58. The number of anilines is 2. The highest BCUT2D eigenvalue weighted by atomic mass is 32.1. The van der Waals surface area contributed by atoms with E-state index in [0.717, 1.165) is 22.1 Å². The maximum absolute atomic E-state index is 5.79. The molecular formula is C19H21N3OS. The van der Waals surface area contributed by atoms with Gasteiger partial charge in [-0.15, -0.1) is 11.3 Å². The van der Waals surface area contributed by atoms with Gasteiger partial charge in [-0.3, -0.25) is 0 Å². The topological polar surface area (TPSA) is 51.0 Å². The fourth-order valence-corrected chi connectivity index (χ4v) is 2.70. The number of oxazole rings is 1. The molecular weight excluding hydrogens is 318 g/mol. The molecule has 0 amide bonds. The first-order valence-electron chi connectivity index (χ1n) is 7.83. The fourth-order valence-electron chi connectivity index (χ4n) is 2.16. The van der Waals surface area contributed by atoms with E-state index < -0.39 is 0 Å². The molecule has 0 aliphatic heterocycles. The maximum Gasteiger partial charge on any atom is 0.218 e. The van der Waals surface area contributed by atoms with E-state index in [1.807, 2.05) is 17.5 Å². The van der Waals surface area contributed by atoms with Gasteiger partial charge < -0.3 is 9.73 Å². The summed E-state index contributed by atoms with van der Waals surface area (Å²) in [5, 5.41) is 6.19. The minimum Gasteiger partial charge on any atom is -0.441 e. The van der Waals surface area contributed by atoms with E-state index in [1.54, 1.807) is 23.7 Å². The summed E-state index contributed by atoms with van der Waals surface area (Å²) >= 11 is 1.58. The van der Waals surface area contributed by atoms with Crippen LogP contribution >= 0.6 is 11.3 Å². The van der Waals surface area contributed by atoms with Crippen molar-refractivity contribution in [2.24, 2.45) is 0 Å². The summed E-state index contributed by atoms with van der Waals surface area (Å²) in [6.07, 6.45) is 7.49. The third-order valence-corrected chi connectivity index (χ3v) is 4.31. The minimum absolute atomic E-state index is 0.0340. The van der Waals surface area contributed by atoms with Gasteiger partial charge in [0.15, 0.2) is 5.13 Å². The average Bonchev–Trinajstić information content (AvgIpc) is 3.19. The lowest BCUT2D eigenvalue weighted by Crippen LogP contribution is -2.09. The molecule has 124 valence electrons. The van der Waals surface area contributed by atoms with E-state index in [9.17, 15) is 0 Å². The van der Waals surface area contributed by atoms with Gasteiger partial charge in [-0.1, -0.05) is 32.9 Å². The molecule has 0 atom stereocenters. The van der Waals surface area contributed by atoms with Crippen LogP contribution in [0, 0.1) is 6.92 Å². The second kappa shape index (κ2) is 6.61. The monoisotopic (exact) mass is 339 g/mol. The van der Waals surface area contributed by atoms with Crippen molar-refractivity contribution in [3.05, 3.63) is 58.8 Å². The number of benzene rings is 1. The number of aromatic nitrogens is 2. The fraction of sp³-hybridized carbons (Fsp3) is 0.263. The normalized spacial score (nSPS) is 12.0. The molecule has 1 aromatic carbocycles. The average molecular weight is 339 g/mol. The maximum atomic E-state index is 5.79. The van der Waals surface area contributed by atoms with Crippen LogP contribution in [-0.4, -0.2) is 9.97 Å². The first-order chi connectivity index (χ1) is 11.4. The number of thiazole rings is 1. The summed E-state index contributed by atoms with van der Waals surface area (Å²) in [6.45, 7) is 8.40. The zero-order valence-corrected chi connectivity index (χ0v) is 15.1. The molecule has 0 aliphatic carbocycles. The van der Waals surface area contributed by atoms with Crippen molar-refractivity contribution >= 4 is 34.3 Å². The molecule has 24 heavy (non-hydrogen) atoms. The third-order valence-electron chi connectivity index (χ3n) is 3.62. The molecule has 0 aliphatic rings. The molecule has 0 radical (unpaired) electrons. The van der Waals surface area contributed by atoms with E-state index in [2.05, 4.69) is 61.2 Å². The van der Waals surface area contributed by atoms with Crippen molar-refractivity contribution < 1.29 is 4.42 Å². The molecule has 2 heterocycles. The lowest BCUT2D eigenvalue weighted by molar-refractivity contribution is 0.403. The van der Waals surface area contributed by atoms with Crippen molar-refractivity contribution in [3.63, 3.8) is 0 Å². The van der Waals surface area contributed by atoms with E-state index in [0.29, 0.717) is 5.89 Å². The lowest BCUT2D eigenvalue weighted by Gasteiger charge is -2.12. The highest BCUT2D eigenvalue weighted by Crippen LogP contribution is 2.25. The zero-order valence-electron chi connectivity index (χ0n) is 14.3. The molecule has 1 N–H and O–H groups in total. The summed E-state index contributed by atoms with van der Waals surface area (Å²) < 4.78 is 5.79. The van der Waals surface area contributed by atoms with Gasteiger partial charge in [0.05, 0.1) is 6.20 Å². The largest absolute Gasteiger partial charge is 0.441 e. The van der Waals surface area contributed by atoms with Gasteiger partial charge in [-0.25, -0.2) is 9.97 Å². The van der Waals surface area contributed by atoms with Gasteiger partial charge in [0.1, 0.15) is 5.76 Å². The smallest absolute Gasteiger partial charge is 0.218 e.